The molecular formula is C18H25N3O. The fraction of sp³-hybridized carbons (Fsp3) is 0.444. The van der Waals surface area contributed by atoms with E-state index in [0.717, 1.165) is 11.4 Å². The second-order valence-corrected chi connectivity index (χ2v) is 6.20. The Balaban J connectivity index is 2.22. The Morgan fingerprint density at radius 1 is 1.18 bits per heavy atom. The van der Waals surface area contributed by atoms with E-state index in [1.165, 1.54) is 5.56 Å². The topological polar surface area (TPSA) is 46.9 Å². The van der Waals surface area contributed by atoms with Gasteiger partial charge < -0.3 is 5.32 Å². The van der Waals surface area contributed by atoms with Crippen LogP contribution in [0.25, 0.3) is 0 Å². The van der Waals surface area contributed by atoms with Crippen molar-refractivity contribution in [1.82, 2.24) is 15.1 Å². The van der Waals surface area contributed by atoms with Gasteiger partial charge in [0.15, 0.2) is 0 Å². The van der Waals surface area contributed by atoms with Gasteiger partial charge in [0.05, 0.1) is 17.8 Å². The van der Waals surface area contributed by atoms with Crippen molar-refractivity contribution in [2.24, 2.45) is 5.92 Å². The van der Waals surface area contributed by atoms with Gasteiger partial charge in [-0.05, 0) is 32.3 Å². The van der Waals surface area contributed by atoms with Crippen molar-refractivity contribution >= 4 is 5.91 Å². The van der Waals surface area contributed by atoms with E-state index in [1.807, 2.05) is 43.7 Å². The van der Waals surface area contributed by atoms with Gasteiger partial charge in [0, 0.05) is 11.7 Å². The summed E-state index contributed by atoms with van der Waals surface area (Å²) in [4.78, 5) is 12.5. The van der Waals surface area contributed by atoms with E-state index >= 15 is 0 Å². The average molecular weight is 299 g/mol. The number of benzene rings is 1. The predicted octanol–water partition coefficient (Wildman–Crippen LogP) is 3.32. The molecule has 0 fully saturated rings. The molecule has 0 spiro atoms. The Morgan fingerprint density at radius 3 is 2.41 bits per heavy atom. The van der Waals surface area contributed by atoms with Gasteiger partial charge in [-0.15, -0.1) is 0 Å². The first-order chi connectivity index (χ1) is 10.4. The minimum absolute atomic E-state index is 0.0319. The SMILES string of the molecule is Cc1nn(Cc2ccccc2)c(C)c1C(=O)NC(C)C(C)C. The standard InChI is InChI=1S/C18H25N3O/c1-12(2)13(3)19-18(22)17-14(4)20-21(15(17)5)11-16-9-7-6-8-10-16/h6-10,12-13H,11H2,1-5H3,(H,19,22). The fourth-order valence-electron chi connectivity index (χ4n) is 2.38. The zero-order valence-corrected chi connectivity index (χ0v) is 14.1. The van der Waals surface area contributed by atoms with Crippen LogP contribution in [0.5, 0.6) is 0 Å². The molecule has 2 aromatic rings. The van der Waals surface area contributed by atoms with E-state index in [2.05, 4.69) is 36.4 Å². The third-order valence-electron chi connectivity index (χ3n) is 4.14. The first-order valence-corrected chi connectivity index (χ1v) is 7.79. The highest BCUT2D eigenvalue weighted by molar-refractivity contribution is 5.96. The maximum Gasteiger partial charge on any atom is 0.255 e. The summed E-state index contributed by atoms with van der Waals surface area (Å²) < 4.78 is 1.90. The van der Waals surface area contributed by atoms with Crippen LogP contribution in [-0.4, -0.2) is 21.7 Å². The molecule has 1 aromatic heterocycles. The number of hydrogen-bond donors (Lipinski definition) is 1. The maximum atomic E-state index is 12.5. The van der Waals surface area contributed by atoms with Crippen molar-refractivity contribution in [1.29, 1.82) is 0 Å². The molecule has 22 heavy (non-hydrogen) atoms. The van der Waals surface area contributed by atoms with Crippen LogP contribution < -0.4 is 5.32 Å². The summed E-state index contributed by atoms with van der Waals surface area (Å²) >= 11 is 0. The quantitative estimate of drug-likeness (QED) is 0.920. The molecule has 0 aliphatic carbocycles. The number of rotatable bonds is 5. The highest BCUT2D eigenvalue weighted by Gasteiger charge is 2.20. The van der Waals surface area contributed by atoms with Gasteiger partial charge in [0.1, 0.15) is 0 Å². The number of nitrogens with one attached hydrogen (secondary N) is 1. The number of aromatic nitrogens is 2. The molecule has 0 aliphatic heterocycles. The largest absolute Gasteiger partial charge is 0.349 e. The lowest BCUT2D eigenvalue weighted by molar-refractivity contribution is 0.0929. The summed E-state index contributed by atoms with van der Waals surface area (Å²) in [5, 5.41) is 7.60. The number of hydrogen-bond acceptors (Lipinski definition) is 2. The van der Waals surface area contributed by atoms with Crippen LogP contribution in [-0.2, 0) is 6.54 Å². The number of amides is 1. The zero-order chi connectivity index (χ0) is 16.3. The summed E-state index contributed by atoms with van der Waals surface area (Å²) in [5.74, 6) is 0.374. The summed E-state index contributed by atoms with van der Waals surface area (Å²) in [7, 11) is 0. The van der Waals surface area contributed by atoms with Crippen molar-refractivity contribution in [3.63, 3.8) is 0 Å². The molecule has 4 nitrogen and oxygen atoms in total. The van der Waals surface area contributed by atoms with Crippen molar-refractivity contribution in [3.8, 4) is 0 Å². The molecule has 1 atom stereocenters. The maximum absolute atomic E-state index is 12.5. The molecule has 0 saturated heterocycles. The number of carbonyl (C=O) groups is 1. The zero-order valence-electron chi connectivity index (χ0n) is 14.1. The van der Waals surface area contributed by atoms with E-state index < -0.39 is 0 Å². The summed E-state index contributed by atoms with van der Waals surface area (Å²) in [6.45, 7) is 10.8. The molecule has 1 unspecified atom stereocenters. The second kappa shape index (κ2) is 6.77. The van der Waals surface area contributed by atoms with Crippen molar-refractivity contribution in [3.05, 3.63) is 52.8 Å². The lowest BCUT2D eigenvalue weighted by Crippen LogP contribution is -2.36. The summed E-state index contributed by atoms with van der Waals surface area (Å²) in [6.07, 6.45) is 0. The molecule has 0 aliphatic rings. The van der Waals surface area contributed by atoms with E-state index in [4.69, 9.17) is 0 Å². The summed E-state index contributed by atoms with van der Waals surface area (Å²) in [5.41, 5.74) is 3.57. The second-order valence-electron chi connectivity index (χ2n) is 6.20. The van der Waals surface area contributed by atoms with Crippen LogP contribution in [0.4, 0.5) is 0 Å². The Bertz CT molecular complexity index is 644. The van der Waals surface area contributed by atoms with Crippen LogP contribution >= 0.6 is 0 Å². The number of carbonyl (C=O) groups excluding carboxylic acids is 1. The molecule has 1 amide bonds. The van der Waals surface area contributed by atoms with Gasteiger partial charge in [-0.3, -0.25) is 9.48 Å². The van der Waals surface area contributed by atoms with E-state index in [1.54, 1.807) is 0 Å². The molecular weight excluding hydrogens is 274 g/mol. The molecule has 4 heteroatoms. The van der Waals surface area contributed by atoms with Crippen molar-refractivity contribution in [2.45, 2.75) is 47.2 Å². The Morgan fingerprint density at radius 2 is 1.82 bits per heavy atom. The van der Waals surface area contributed by atoms with E-state index in [9.17, 15) is 4.79 Å². The number of aryl methyl sites for hydroxylation is 1. The average Bonchev–Trinajstić information content (AvgIpc) is 2.74. The first-order valence-electron chi connectivity index (χ1n) is 7.79. The van der Waals surface area contributed by atoms with E-state index in [-0.39, 0.29) is 11.9 Å². The van der Waals surface area contributed by atoms with Crippen molar-refractivity contribution in [2.75, 3.05) is 0 Å². The molecule has 0 radical (unpaired) electrons. The van der Waals surface area contributed by atoms with Gasteiger partial charge in [0.2, 0.25) is 0 Å². The van der Waals surface area contributed by atoms with Crippen LogP contribution in [0, 0.1) is 19.8 Å². The van der Waals surface area contributed by atoms with Crippen LogP contribution in [0.3, 0.4) is 0 Å². The predicted molar refractivity (Wildman–Crippen MR) is 89.0 cm³/mol. The Kier molecular flexibility index (Phi) is 5.01. The molecule has 1 aromatic carbocycles. The molecule has 0 saturated carbocycles. The lowest BCUT2D eigenvalue weighted by Gasteiger charge is -2.17. The third kappa shape index (κ3) is 3.56. The van der Waals surface area contributed by atoms with Gasteiger partial charge in [0.25, 0.3) is 5.91 Å². The molecule has 118 valence electrons. The van der Waals surface area contributed by atoms with Gasteiger partial charge in [-0.2, -0.15) is 5.10 Å². The summed E-state index contributed by atoms with van der Waals surface area (Å²) in [6, 6.07) is 10.3. The lowest BCUT2D eigenvalue weighted by atomic mass is 10.1. The Hall–Kier alpha value is -2.10. The van der Waals surface area contributed by atoms with Gasteiger partial charge in [-0.1, -0.05) is 44.2 Å². The van der Waals surface area contributed by atoms with Gasteiger partial charge in [-0.25, -0.2) is 0 Å². The highest BCUT2D eigenvalue weighted by atomic mass is 16.1. The molecule has 0 bridgehead atoms. The highest BCUT2D eigenvalue weighted by Crippen LogP contribution is 2.15. The minimum Gasteiger partial charge on any atom is -0.349 e. The molecule has 2 rings (SSSR count). The normalized spacial score (nSPS) is 12.5. The monoisotopic (exact) mass is 299 g/mol. The molecule has 1 heterocycles. The minimum atomic E-state index is -0.0319. The van der Waals surface area contributed by atoms with E-state index in [0.29, 0.717) is 18.0 Å². The Labute approximate surface area is 132 Å². The fourth-order valence-corrected chi connectivity index (χ4v) is 2.38. The van der Waals surface area contributed by atoms with Crippen molar-refractivity contribution < 1.29 is 4.79 Å². The van der Waals surface area contributed by atoms with Crippen LogP contribution in [0.1, 0.15) is 48.1 Å². The smallest absolute Gasteiger partial charge is 0.255 e. The van der Waals surface area contributed by atoms with Crippen LogP contribution in [0.2, 0.25) is 0 Å². The third-order valence-corrected chi connectivity index (χ3v) is 4.14. The first kappa shape index (κ1) is 16.3. The number of nitrogens with zero attached hydrogens (tertiary/aromatic N) is 2. The van der Waals surface area contributed by atoms with Gasteiger partial charge >= 0.3 is 0 Å². The van der Waals surface area contributed by atoms with Crippen LogP contribution in [0.15, 0.2) is 30.3 Å². The molecule has 1 N–H and O–H groups in total.